The van der Waals surface area contributed by atoms with E-state index in [0.29, 0.717) is 0 Å². The van der Waals surface area contributed by atoms with Crippen LogP contribution in [0.1, 0.15) is 36.9 Å². The molecule has 0 radical (unpaired) electrons. The van der Waals surface area contributed by atoms with Crippen LogP contribution in [0.25, 0.3) is 0 Å². The Hall–Kier alpha value is -0.970. The maximum atomic E-state index is 12.3. The fourth-order valence-electron chi connectivity index (χ4n) is 2.51. The van der Waals surface area contributed by atoms with Gasteiger partial charge in [0.1, 0.15) is 6.54 Å². The van der Waals surface area contributed by atoms with Crippen LogP contribution >= 0.6 is 0 Å². The number of hydrogen-bond acceptors (Lipinski definition) is 1. The van der Waals surface area contributed by atoms with E-state index in [-0.39, 0.29) is 6.04 Å². The van der Waals surface area contributed by atoms with Gasteiger partial charge < -0.3 is 9.88 Å². The van der Waals surface area contributed by atoms with E-state index in [9.17, 15) is 13.2 Å². The number of aromatic nitrogens is 1. The SMILES string of the molecule is CCNC1CCCc2cn(CC(F)(F)F)cc21. The number of rotatable bonds is 3. The van der Waals surface area contributed by atoms with Crippen molar-refractivity contribution in [3.63, 3.8) is 0 Å². The van der Waals surface area contributed by atoms with E-state index in [1.807, 2.05) is 6.92 Å². The first kappa shape index (κ1) is 12.5. The van der Waals surface area contributed by atoms with Gasteiger partial charge in [0.2, 0.25) is 0 Å². The molecule has 17 heavy (non-hydrogen) atoms. The van der Waals surface area contributed by atoms with Gasteiger partial charge in [-0.25, -0.2) is 0 Å². The van der Waals surface area contributed by atoms with Crippen LogP contribution in [0.15, 0.2) is 12.4 Å². The van der Waals surface area contributed by atoms with Gasteiger partial charge in [0.15, 0.2) is 0 Å². The summed E-state index contributed by atoms with van der Waals surface area (Å²) >= 11 is 0. The van der Waals surface area contributed by atoms with Gasteiger partial charge in [0, 0.05) is 18.4 Å². The third kappa shape index (κ3) is 3.03. The van der Waals surface area contributed by atoms with Gasteiger partial charge in [-0.15, -0.1) is 0 Å². The second kappa shape index (κ2) is 4.72. The zero-order valence-corrected chi connectivity index (χ0v) is 9.85. The second-order valence-corrected chi connectivity index (χ2v) is 4.53. The highest BCUT2D eigenvalue weighted by atomic mass is 19.4. The normalized spacial score (nSPS) is 20.4. The lowest BCUT2D eigenvalue weighted by Gasteiger charge is -2.22. The lowest BCUT2D eigenvalue weighted by Crippen LogP contribution is -2.24. The fourth-order valence-corrected chi connectivity index (χ4v) is 2.51. The summed E-state index contributed by atoms with van der Waals surface area (Å²) in [7, 11) is 0. The summed E-state index contributed by atoms with van der Waals surface area (Å²) in [6, 6.07) is 0.221. The number of nitrogens with one attached hydrogen (secondary N) is 1. The summed E-state index contributed by atoms with van der Waals surface area (Å²) in [4.78, 5) is 0. The summed E-state index contributed by atoms with van der Waals surface area (Å²) < 4.78 is 38.2. The van der Waals surface area contributed by atoms with E-state index in [1.165, 1.54) is 4.57 Å². The Bertz CT molecular complexity index is 382. The highest BCUT2D eigenvalue weighted by Crippen LogP contribution is 2.31. The second-order valence-electron chi connectivity index (χ2n) is 4.53. The summed E-state index contributed by atoms with van der Waals surface area (Å²) in [5.41, 5.74) is 2.11. The first-order valence-electron chi connectivity index (χ1n) is 5.98. The van der Waals surface area contributed by atoms with Crippen molar-refractivity contribution < 1.29 is 13.2 Å². The molecule has 1 aliphatic carbocycles. The van der Waals surface area contributed by atoms with Gasteiger partial charge in [-0.05, 0) is 36.9 Å². The molecule has 0 amide bonds. The average molecular weight is 246 g/mol. The molecular formula is C12H17F3N2. The topological polar surface area (TPSA) is 17.0 Å². The Labute approximate surface area is 98.8 Å². The van der Waals surface area contributed by atoms with Gasteiger partial charge in [0.05, 0.1) is 0 Å². The van der Waals surface area contributed by atoms with Crippen molar-refractivity contribution in [2.24, 2.45) is 0 Å². The van der Waals surface area contributed by atoms with Crippen molar-refractivity contribution in [3.05, 3.63) is 23.5 Å². The third-order valence-electron chi connectivity index (χ3n) is 3.12. The van der Waals surface area contributed by atoms with E-state index < -0.39 is 12.7 Å². The summed E-state index contributed by atoms with van der Waals surface area (Å²) in [6.07, 6.45) is 2.09. The standard InChI is InChI=1S/C12H17F3N2/c1-2-16-11-5-3-4-9-6-17(7-10(9)11)8-12(13,14)15/h6-7,11,16H,2-5,8H2,1H3. The van der Waals surface area contributed by atoms with E-state index in [0.717, 1.165) is 36.9 Å². The van der Waals surface area contributed by atoms with Gasteiger partial charge >= 0.3 is 6.18 Å². The zero-order valence-electron chi connectivity index (χ0n) is 9.85. The first-order valence-corrected chi connectivity index (χ1v) is 5.98. The maximum absolute atomic E-state index is 12.3. The number of nitrogens with zero attached hydrogens (tertiary/aromatic N) is 1. The number of fused-ring (bicyclic) bond motifs is 1. The third-order valence-corrected chi connectivity index (χ3v) is 3.12. The molecule has 0 aliphatic heterocycles. The molecule has 1 aromatic heterocycles. The lowest BCUT2D eigenvalue weighted by atomic mass is 9.91. The van der Waals surface area contributed by atoms with Crippen LogP contribution in [0.4, 0.5) is 13.2 Å². The van der Waals surface area contributed by atoms with Crippen molar-refractivity contribution in [2.45, 2.75) is 44.9 Å². The molecule has 1 atom stereocenters. The smallest absolute Gasteiger partial charge is 0.345 e. The van der Waals surface area contributed by atoms with Crippen LogP contribution in [0.5, 0.6) is 0 Å². The molecule has 0 aromatic carbocycles. The lowest BCUT2D eigenvalue weighted by molar-refractivity contribution is -0.140. The number of aryl methyl sites for hydroxylation is 1. The maximum Gasteiger partial charge on any atom is 0.406 e. The summed E-state index contributed by atoms with van der Waals surface area (Å²) in [6.45, 7) is 1.97. The zero-order chi connectivity index (χ0) is 12.5. The van der Waals surface area contributed by atoms with Crippen molar-refractivity contribution in [1.29, 1.82) is 0 Å². The summed E-state index contributed by atoms with van der Waals surface area (Å²) in [5, 5.41) is 3.32. The number of halogens is 3. The van der Waals surface area contributed by atoms with E-state index in [1.54, 1.807) is 12.4 Å². The minimum atomic E-state index is -4.14. The largest absolute Gasteiger partial charge is 0.406 e. The van der Waals surface area contributed by atoms with Crippen molar-refractivity contribution >= 4 is 0 Å². The van der Waals surface area contributed by atoms with E-state index in [2.05, 4.69) is 5.32 Å². The highest BCUT2D eigenvalue weighted by molar-refractivity contribution is 5.30. The molecule has 0 saturated heterocycles. The van der Waals surface area contributed by atoms with Gasteiger partial charge in [-0.1, -0.05) is 6.92 Å². The number of alkyl halides is 3. The van der Waals surface area contributed by atoms with Gasteiger partial charge in [-0.2, -0.15) is 13.2 Å². The quantitative estimate of drug-likeness (QED) is 0.867. The van der Waals surface area contributed by atoms with E-state index >= 15 is 0 Å². The molecule has 1 aliphatic rings. The minimum Gasteiger partial charge on any atom is -0.345 e. The number of hydrogen-bond donors (Lipinski definition) is 1. The Balaban J connectivity index is 2.18. The molecule has 1 unspecified atom stereocenters. The Morgan fingerprint density at radius 3 is 2.82 bits per heavy atom. The predicted octanol–water partition coefficient (Wildman–Crippen LogP) is 3.04. The first-order chi connectivity index (χ1) is 7.99. The molecule has 2 rings (SSSR count). The Morgan fingerprint density at radius 1 is 1.41 bits per heavy atom. The molecule has 1 aromatic rings. The molecular weight excluding hydrogens is 229 g/mol. The van der Waals surface area contributed by atoms with Crippen molar-refractivity contribution in [3.8, 4) is 0 Å². The molecule has 1 heterocycles. The molecule has 96 valence electrons. The van der Waals surface area contributed by atoms with Crippen LogP contribution < -0.4 is 5.32 Å². The van der Waals surface area contributed by atoms with Crippen LogP contribution in [-0.4, -0.2) is 17.3 Å². The van der Waals surface area contributed by atoms with Crippen molar-refractivity contribution in [2.75, 3.05) is 6.54 Å². The molecule has 0 fully saturated rings. The Morgan fingerprint density at radius 2 is 2.18 bits per heavy atom. The summed E-state index contributed by atoms with van der Waals surface area (Å²) in [5.74, 6) is 0. The van der Waals surface area contributed by atoms with Crippen molar-refractivity contribution in [1.82, 2.24) is 9.88 Å². The van der Waals surface area contributed by atoms with Gasteiger partial charge in [0.25, 0.3) is 0 Å². The van der Waals surface area contributed by atoms with Crippen LogP contribution in [-0.2, 0) is 13.0 Å². The molecule has 0 spiro atoms. The van der Waals surface area contributed by atoms with Crippen LogP contribution in [0, 0.1) is 0 Å². The molecule has 1 N–H and O–H groups in total. The average Bonchev–Trinajstić information content (AvgIpc) is 2.58. The minimum absolute atomic E-state index is 0.221. The predicted molar refractivity (Wildman–Crippen MR) is 59.8 cm³/mol. The molecule has 5 heteroatoms. The highest BCUT2D eigenvalue weighted by Gasteiger charge is 2.29. The van der Waals surface area contributed by atoms with Gasteiger partial charge in [-0.3, -0.25) is 0 Å². The fraction of sp³-hybridized carbons (Fsp3) is 0.667. The van der Waals surface area contributed by atoms with E-state index in [4.69, 9.17) is 0 Å². The molecule has 0 bridgehead atoms. The molecule has 0 saturated carbocycles. The van der Waals surface area contributed by atoms with Crippen LogP contribution in [0.3, 0.4) is 0 Å². The Kier molecular flexibility index (Phi) is 3.47. The monoisotopic (exact) mass is 246 g/mol. The van der Waals surface area contributed by atoms with Crippen LogP contribution in [0.2, 0.25) is 0 Å². The molecule has 2 nitrogen and oxygen atoms in total.